The molecule has 0 unspecified atom stereocenters. The van der Waals surface area contributed by atoms with Crippen molar-refractivity contribution in [3.8, 4) is 67.5 Å². The van der Waals surface area contributed by atoms with Gasteiger partial charge in [-0.3, -0.25) is 0 Å². The van der Waals surface area contributed by atoms with Crippen LogP contribution in [-0.2, 0) is 5.41 Å². The minimum atomic E-state index is -0.457. The third-order valence-electron chi connectivity index (χ3n) is 12.2. The molecule has 0 saturated heterocycles. The number of benzene rings is 9. The molecule has 264 valence electrons. The van der Waals surface area contributed by atoms with Crippen LogP contribution in [0.1, 0.15) is 22.3 Å². The number of rotatable bonds is 4. The largest absolute Gasteiger partial charge is 0.208 e. The van der Waals surface area contributed by atoms with E-state index >= 15 is 0 Å². The number of hydrogen-bond donors (Lipinski definition) is 0. The molecule has 1 aromatic heterocycles. The van der Waals surface area contributed by atoms with Gasteiger partial charge in [0.15, 0.2) is 17.5 Å². The number of hydrogen-bond acceptors (Lipinski definition) is 3. The molecule has 0 bridgehead atoms. The fourth-order valence-corrected chi connectivity index (χ4v) is 9.76. The molecule has 2 aliphatic carbocycles. The first-order valence-corrected chi connectivity index (χ1v) is 19.5. The van der Waals surface area contributed by atoms with Crippen LogP contribution in [0.3, 0.4) is 0 Å². The zero-order valence-corrected chi connectivity index (χ0v) is 30.9. The van der Waals surface area contributed by atoms with E-state index in [4.69, 9.17) is 15.0 Å². The predicted octanol–water partition coefficient (Wildman–Crippen LogP) is 13.2. The summed E-state index contributed by atoms with van der Waals surface area (Å²) in [5.41, 5.74) is 15.1. The Balaban J connectivity index is 1.09. The Bertz CT molecular complexity index is 3190. The number of aromatic nitrogens is 3. The molecule has 10 aromatic rings. The molecule has 1 spiro atoms. The van der Waals surface area contributed by atoms with Crippen LogP contribution >= 0.6 is 0 Å². The highest BCUT2D eigenvalue weighted by molar-refractivity contribution is 6.09. The fourth-order valence-electron chi connectivity index (χ4n) is 9.76. The molecule has 2 aliphatic rings. The van der Waals surface area contributed by atoms with E-state index in [9.17, 15) is 0 Å². The molecule has 3 heteroatoms. The minimum Gasteiger partial charge on any atom is -0.208 e. The van der Waals surface area contributed by atoms with Gasteiger partial charge in [-0.15, -0.1) is 0 Å². The number of nitrogens with zero attached hydrogens (tertiary/aromatic N) is 3. The van der Waals surface area contributed by atoms with Gasteiger partial charge in [-0.25, -0.2) is 15.0 Å². The Morgan fingerprint density at radius 3 is 1.39 bits per heavy atom. The molecular formula is C54H33N3. The van der Waals surface area contributed by atoms with Gasteiger partial charge in [0.05, 0.1) is 5.41 Å². The van der Waals surface area contributed by atoms with Crippen molar-refractivity contribution in [2.24, 2.45) is 0 Å². The Morgan fingerprint density at radius 1 is 0.263 bits per heavy atom. The topological polar surface area (TPSA) is 38.7 Å². The van der Waals surface area contributed by atoms with E-state index in [-0.39, 0.29) is 0 Å². The lowest BCUT2D eigenvalue weighted by atomic mass is 9.70. The quantitative estimate of drug-likeness (QED) is 0.181. The second-order valence-electron chi connectivity index (χ2n) is 15.1. The van der Waals surface area contributed by atoms with Gasteiger partial charge in [0.25, 0.3) is 0 Å². The average molecular weight is 724 g/mol. The maximum absolute atomic E-state index is 5.36. The molecule has 57 heavy (non-hydrogen) atoms. The van der Waals surface area contributed by atoms with Gasteiger partial charge in [0, 0.05) is 16.7 Å². The summed E-state index contributed by atoms with van der Waals surface area (Å²) < 4.78 is 0. The van der Waals surface area contributed by atoms with Gasteiger partial charge >= 0.3 is 0 Å². The van der Waals surface area contributed by atoms with Crippen molar-refractivity contribution in [3.63, 3.8) is 0 Å². The lowest BCUT2D eigenvalue weighted by Crippen LogP contribution is -2.25. The van der Waals surface area contributed by atoms with Crippen LogP contribution in [0.25, 0.3) is 89.1 Å². The van der Waals surface area contributed by atoms with Gasteiger partial charge in [0.2, 0.25) is 0 Å². The van der Waals surface area contributed by atoms with Gasteiger partial charge in [-0.2, -0.15) is 0 Å². The van der Waals surface area contributed by atoms with Crippen LogP contribution in [0.15, 0.2) is 200 Å². The molecular weight excluding hydrogens is 691 g/mol. The first kappa shape index (κ1) is 31.8. The van der Waals surface area contributed by atoms with Crippen molar-refractivity contribution in [2.45, 2.75) is 5.41 Å². The first-order chi connectivity index (χ1) is 28.3. The van der Waals surface area contributed by atoms with E-state index in [0.29, 0.717) is 17.5 Å². The Kier molecular flexibility index (Phi) is 6.84. The van der Waals surface area contributed by atoms with Crippen molar-refractivity contribution in [1.82, 2.24) is 15.0 Å². The molecule has 0 N–H and O–H groups in total. The van der Waals surface area contributed by atoms with Crippen molar-refractivity contribution < 1.29 is 0 Å². The van der Waals surface area contributed by atoms with Crippen LogP contribution in [-0.4, -0.2) is 15.0 Å². The Hall–Kier alpha value is -7.49. The van der Waals surface area contributed by atoms with Crippen LogP contribution in [0, 0.1) is 0 Å². The molecule has 0 fully saturated rings. The summed E-state index contributed by atoms with van der Waals surface area (Å²) in [4.78, 5) is 15.8. The van der Waals surface area contributed by atoms with E-state index in [0.717, 1.165) is 27.5 Å². The van der Waals surface area contributed by atoms with E-state index in [1.807, 2.05) is 18.2 Å². The summed E-state index contributed by atoms with van der Waals surface area (Å²) in [6.45, 7) is 0. The first-order valence-electron chi connectivity index (χ1n) is 19.5. The summed E-state index contributed by atoms with van der Waals surface area (Å²) in [6.07, 6.45) is 0. The van der Waals surface area contributed by atoms with Crippen molar-refractivity contribution >= 4 is 21.5 Å². The minimum absolute atomic E-state index is 0.457. The molecule has 0 saturated carbocycles. The summed E-state index contributed by atoms with van der Waals surface area (Å²) in [7, 11) is 0. The second-order valence-corrected chi connectivity index (χ2v) is 15.1. The van der Waals surface area contributed by atoms with Crippen LogP contribution in [0.5, 0.6) is 0 Å². The monoisotopic (exact) mass is 723 g/mol. The van der Waals surface area contributed by atoms with Gasteiger partial charge < -0.3 is 0 Å². The molecule has 9 aromatic carbocycles. The summed E-state index contributed by atoms with van der Waals surface area (Å²) in [5.74, 6) is 1.94. The maximum atomic E-state index is 5.36. The molecule has 0 atom stereocenters. The maximum Gasteiger partial charge on any atom is 0.164 e. The third-order valence-corrected chi connectivity index (χ3v) is 12.2. The second kappa shape index (κ2) is 12.3. The normalized spacial score (nSPS) is 13.1. The zero-order valence-electron chi connectivity index (χ0n) is 30.9. The molecule has 3 nitrogen and oxygen atoms in total. The van der Waals surface area contributed by atoms with Gasteiger partial charge in [-0.1, -0.05) is 188 Å². The average Bonchev–Trinajstić information content (AvgIpc) is 3.76. The van der Waals surface area contributed by atoms with E-state index in [2.05, 4.69) is 182 Å². The highest BCUT2D eigenvalue weighted by Gasteiger charge is 2.51. The lowest BCUT2D eigenvalue weighted by Gasteiger charge is -2.30. The standard InChI is InChI=1S/C54H33N3/c1-2-16-35(17-3-1)51-55-52(57-53(56-51)46-32-31-41(39-20-6-7-21-40(39)46)38-25-14-18-34-15-4-5-19-37(34)38)36-29-30-45-44-24-10-13-28-49(44)54(50(45)33-36)47-26-11-8-22-42(47)43-23-9-12-27-48(43)54/h1-33H. The smallest absolute Gasteiger partial charge is 0.164 e. The Labute approximate surface area is 330 Å². The molecule has 1 heterocycles. The summed E-state index contributed by atoms with van der Waals surface area (Å²) in [5, 5.41) is 4.71. The molecule has 0 radical (unpaired) electrons. The van der Waals surface area contributed by atoms with E-state index in [1.54, 1.807) is 0 Å². The van der Waals surface area contributed by atoms with Crippen molar-refractivity contribution in [2.75, 3.05) is 0 Å². The molecule has 0 amide bonds. The summed E-state index contributed by atoms with van der Waals surface area (Å²) >= 11 is 0. The fraction of sp³-hybridized carbons (Fsp3) is 0.0185. The van der Waals surface area contributed by atoms with Crippen LogP contribution < -0.4 is 0 Å². The highest BCUT2D eigenvalue weighted by Crippen LogP contribution is 2.63. The summed E-state index contributed by atoms with van der Waals surface area (Å²) in [6, 6.07) is 72.0. The van der Waals surface area contributed by atoms with Crippen LogP contribution in [0.4, 0.5) is 0 Å². The molecule has 12 rings (SSSR count). The lowest BCUT2D eigenvalue weighted by molar-refractivity contribution is 0.794. The third kappa shape index (κ3) is 4.57. The van der Waals surface area contributed by atoms with Gasteiger partial charge in [-0.05, 0) is 89.3 Å². The SMILES string of the molecule is c1ccc(-c2nc(-c3ccc4c(c3)C3(c5ccccc5-c5ccccc53)c3ccccc3-4)nc(-c3ccc(-c4cccc5ccccc45)c4ccccc34)n2)cc1. The van der Waals surface area contributed by atoms with Crippen molar-refractivity contribution in [3.05, 3.63) is 222 Å². The Morgan fingerprint density at radius 2 is 0.702 bits per heavy atom. The molecule has 0 aliphatic heterocycles. The zero-order chi connectivity index (χ0) is 37.5. The van der Waals surface area contributed by atoms with Crippen molar-refractivity contribution in [1.29, 1.82) is 0 Å². The predicted molar refractivity (Wildman–Crippen MR) is 233 cm³/mol. The van der Waals surface area contributed by atoms with Crippen LogP contribution in [0.2, 0.25) is 0 Å². The highest BCUT2D eigenvalue weighted by atomic mass is 15.0. The van der Waals surface area contributed by atoms with Gasteiger partial charge in [0.1, 0.15) is 0 Å². The van der Waals surface area contributed by atoms with E-state index < -0.39 is 5.41 Å². The van der Waals surface area contributed by atoms with E-state index in [1.165, 1.54) is 66.4 Å². The number of fused-ring (bicyclic) bond motifs is 12.